The molecular weight excluding hydrogens is 392 g/mol. The summed E-state index contributed by atoms with van der Waals surface area (Å²) in [5, 5.41) is 5.57. The van der Waals surface area contributed by atoms with Crippen LogP contribution in [0.5, 0.6) is 0 Å². The Morgan fingerprint density at radius 3 is 2.64 bits per heavy atom. The molecule has 5 nitrogen and oxygen atoms in total. The highest BCUT2D eigenvalue weighted by Crippen LogP contribution is 2.19. The van der Waals surface area contributed by atoms with Crippen molar-refractivity contribution in [3.63, 3.8) is 0 Å². The number of hydrogen-bond donors (Lipinski definition) is 2. The van der Waals surface area contributed by atoms with Crippen LogP contribution in [0.25, 0.3) is 11.0 Å². The standard InChI is InChI=1S/C18H17ClN4OS.C3H8/c1-11-9-13(7-8-14(11)19)12(2)22-23-17(24)10-25-18-20-15-5-3-4-6-16(15)21-18;1-3-2/h3-9H,10H2,1-2H3,(H,20,21)(H,23,24);3H2,1-2H3/b22-12-;. The highest BCUT2D eigenvalue weighted by atomic mass is 35.5. The number of halogens is 1. The molecular formula is C21H25ClN4OS. The molecule has 1 heterocycles. The third-order valence-electron chi connectivity index (χ3n) is 3.63. The summed E-state index contributed by atoms with van der Waals surface area (Å²) in [5.74, 6) is 0.0477. The van der Waals surface area contributed by atoms with E-state index < -0.39 is 0 Å². The Labute approximate surface area is 175 Å². The number of aryl methyl sites for hydroxylation is 1. The van der Waals surface area contributed by atoms with Gasteiger partial charge in [0.2, 0.25) is 0 Å². The van der Waals surface area contributed by atoms with E-state index in [4.69, 9.17) is 11.6 Å². The van der Waals surface area contributed by atoms with E-state index in [0.29, 0.717) is 10.2 Å². The van der Waals surface area contributed by atoms with Gasteiger partial charge in [-0.25, -0.2) is 10.4 Å². The van der Waals surface area contributed by atoms with E-state index >= 15 is 0 Å². The second-order valence-corrected chi connectivity index (χ2v) is 7.62. The van der Waals surface area contributed by atoms with Gasteiger partial charge in [0, 0.05) is 5.02 Å². The molecule has 0 unspecified atom stereocenters. The van der Waals surface area contributed by atoms with Gasteiger partial charge >= 0.3 is 0 Å². The average molecular weight is 417 g/mol. The van der Waals surface area contributed by atoms with E-state index in [9.17, 15) is 4.79 Å². The van der Waals surface area contributed by atoms with Crippen LogP contribution >= 0.6 is 23.4 Å². The number of para-hydroxylation sites is 2. The number of nitrogens with zero attached hydrogens (tertiary/aromatic N) is 2. The Hall–Kier alpha value is -2.31. The molecule has 1 amide bonds. The molecule has 2 aromatic carbocycles. The van der Waals surface area contributed by atoms with Crippen molar-refractivity contribution in [2.24, 2.45) is 5.10 Å². The molecule has 0 aliphatic heterocycles. The normalized spacial score (nSPS) is 11.1. The lowest BCUT2D eigenvalue weighted by Crippen LogP contribution is -2.21. The Bertz CT molecular complexity index is 935. The minimum absolute atomic E-state index is 0.185. The summed E-state index contributed by atoms with van der Waals surface area (Å²) >= 11 is 7.36. The summed E-state index contributed by atoms with van der Waals surface area (Å²) in [5.41, 5.74) is 7.03. The molecule has 0 radical (unpaired) electrons. The Morgan fingerprint density at radius 2 is 1.96 bits per heavy atom. The molecule has 7 heteroatoms. The molecule has 0 spiro atoms. The van der Waals surface area contributed by atoms with Gasteiger partial charge in [0.05, 0.1) is 22.5 Å². The van der Waals surface area contributed by atoms with Crippen LogP contribution in [0.1, 0.15) is 38.3 Å². The maximum absolute atomic E-state index is 12.0. The third-order valence-corrected chi connectivity index (χ3v) is 4.93. The molecule has 0 fully saturated rings. The molecule has 148 valence electrons. The number of hydrogen-bond acceptors (Lipinski definition) is 4. The number of imidazole rings is 1. The number of thioether (sulfide) groups is 1. The van der Waals surface area contributed by atoms with Gasteiger partial charge < -0.3 is 4.98 Å². The molecule has 0 aliphatic carbocycles. The van der Waals surface area contributed by atoms with Crippen molar-refractivity contribution in [2.45, 2.75) is 39.3 Å². The fourth-order valence-corrected chi connectivity index (χ4v) is 3.04. The third kappa shape index (κ3) is 6.39. The number of carbonyl (C=O) groups is 1. The maximum atomic E-state index is 12.0. The maximum Gasteiger partial charge on any atom is 0.250 e. The van der Waals surface area contributed by atoms with Crippen molar-refractivity contribution in [3.05, 3.63) is 58.6 Å². The first-order valence-electron chi connectivity index (χ1n) is 9.11. The van der Waals surface area contributed by atoms with Gasteiger partial charge in [-0.15, -0.1) is 0 Å². The van der Waals surface area contributed by atoms with Gasteiger partial charge in [-0.3, -0.25) is 4.79 Å². The SMILES string of the molecule is C/C(=N/NC(=O)CSc1nc2ccccc2[nH]1)c1ccc(Cl)c(C)c1.CCC. The predicted octanol–water partition coefficient (Wildman–Crippen LogP) is 5.57. The Kier molecular flexibility index (Phi) is 8.54. The van der Waals surface area contributed by atoms with Gasteiger partial charge in [0.15, 0.2) is 5.16 Å². The topological polar surface area (TPSA) is 70.1 Å². The van der Waals surface area contributed by atoms with Gasteiger partial charge in [-0.05, 0) is 49.2 Å². The van der Waals surface area contributed by atoms with Crippen LogP contribution in [0.3, 0.4) is 0 Å². The van der Waals surface area contributed by atoms with E-state index in [-0.39, 0.29) is 11.7 Å². The first kappa shape index (κ1) is 22.0. The Balaban J connectivity index is 0.000000878. The van der Waals surface area contributed by atoms with Crippen molar-refractivity contribution < 1.29 is 4.79 Å². The highest BCUT2D eigenvalue weighted by Gasteiger charge is 2.07. The van der Waals surface area contributed by atoms with Crippen LogP contribution in [0.2, 0.25) is 5.02 Å². The van der Waals surface area contributed by atoms with Crippen LogP contribution in [0.15, 0.2) is 52.7 Å². The lowest BCUT2D eigenvalue weighted by molar-refractivity contribution is -0.118. The molecule has 0 aliphatic rings. The molecule has 0 saturated carbocycles. The summed E-state index contributed by atoms with van der Waals surface area (Å²) in [4.78, 5) is 19.6. The molecule has 0 bridgehead atoms. The first-order chi connectivity index (χ1) is 13.4. The lowest BCUT2D eigenvalue weighted by Gasteiger charge is -2.04. The summed E-state index contributed by atoms with van der Waals surface area (Å²) in [7, 11) is 0. The van der Waals surface area contributed by atoms with Crippen LogP contribution in [0.4, 0.5) is 0 Å². The number of fused-ring (bicyclic) bond motifs is 1. The van der Waals surface area contributed by atoms with Gasteiger partial charge in [0.25, 0.3) is 5.91 Å². The molecule has 3 rings (SSSR count). The Morgan fingerprint density at radius 1 is 1.25 bits per heavy atom. The molecule has 0 saturated heterocycles. The van der Waals surface area contributed by atoms with E-state index in [1.165, 1.54) is 18.2 Å². The summed E-state index contributed by atoms with van der Waals surface area (Å²) < 4.78 is 0. The monoisotopic (exact) mass is 416 g/mol. The molecule has 1 aromatic heterocycles. The average Bonchev–Trinajstić information content (AvgIpc) is 3.10. The van der Waals surface area contributed by atoms with Crippen molar-refractivity contribution in [3.8, 4) is 0 Å². The van der Waals surface area contributed by atoms with Gasteiger partial charge in [0.1, 0.15) is 0 Å². The molecule has 3 aromatic rings. The smallest absolute Gasteiger partial charge is 0.250 e. The van der Waals surface area contributed by atoms with E-state index in [1.54, 1.807) is 0 Å². The number of amides is 1. The number of hydrazone groups is 1. The fraction of sp³-hybridized carbons (Fsp3) is 0.286. The second-order valence-electron chi connectivity index (χ2n) is 6.25. The number of aromatic amines is 1. The number of nitrogens with one attached hydrogen (secondary N) is 2. The number of benzene rings is 2. The zero-order valence-electron chi connectivity index (χ0n) is 16.5. The zero-order valence-corrected chi connectivity index (χ0v) is 18.1. The largest absolute Gasteiger partial charge is 0.333 e. The number of carbonyl (C=O) groups excluding carboxylic acids is 1. The van der Waals surface area contributed by atoms with Crippen molar-refractivity contribution in [1.29, 1.82) is 0 Å². The number of H-pyrrole nitrogens is 1. The van der Waals surface area contributed by atoms with Crippen LogP contribution < -0.4 is 5.43 Å². The quantitative estimate of drug-likeness (QED) is 0.324. The molecule has 0 atom stereocenters. The lowest BCUT2D eigenvalue weighted by atomic mass is 10.1. The summed E-state index contributed by atoms with van der Waals surface area (Å²) in [6.07, 6.45) is 1.25. The molecule has 2 N–H and O–H groups in total. The first-order valence-corrected chi connectivity index (χ1v) is 10.5. The molecule has 28 heavy (non-hydrogen) atoms. The minimum atomic E-state index is -0.185. The number of aromatic nitrogens is 2. The van der Waals surface area contributed by atoms with Crippen molar-refractivity contribution in [2.75, 3.05) is 5.75 Å². The minimum Gasteiger partial charge on any atom is -0.333 e. The van der Waals surface area contributed by atoms with Crippen molar-refractivity contribution in [1.82, 2.24) is 15.4 Å². The number of rotatable bonds is 5. The summed E-state index contributed by atoms with van der Waals surface area (Å²) in [6, 6.07) is 13.4. The van der Waals surface area contributed by atoms with Crippen LogP contribution in [-0.4, -0.2) is 27.3 Å². The fourth-order valence-electron chi connectivity index (χ4n) is 2.24. The van der Waals surface area contributed by atoms with Crippen molar-refractivity contribution >= 4 is 46.0 Å². The predicted molar refractivity (Wildman–Crippen MR) is 119 cm³/mol. The van der Waals surface area contributed by atoms with E-state index in [1.807, 2.05) is 56.3 Å². The van der Waals surface area contributed by atoms with E-state index in [2.05, 4.69) is 34.3 Å². The second kappa shape index (κ2) is 10.9. The van der Waals surface area contributed by atoms with Crippen LogP contribution in [0, 0.1) is 6.92 Å². The van der Waals surface area contributed by atoms with Crippen LogP contribution in [-0.2, 0) is 4.79 Å². The van der Waals surface area contributed by atoms with Gasteiger partial charge in [-0.1, -0.05) is 61.8 Å². The summed E-state index contributed by atoms with van der Waals surface area (Å²) in [6.45, 7) is 8.02. The van der Waals surface area contributed by atoms with E-state index in [0.717, 1.165) is 27.9 Å². The zero-order chi connectivity index (χ0) is 20.5. The van der Waals surface area contributed by atoms with Gasteiger partial charge in [-0.2, -0.15) is 5.10 Å². The highest BCUT2D eigenvalue weighted by molar-refractivity contribution is 7.99.